The summed E-state index contributed by atoms with van der Waals surface area (Å²) in [6, 6.07) is 5.00. The van der Waals surface area contributed by atoms with Gasteiger partial charge in [0, 0.05) is 21.4 Å². The monoisotopic (exact) mass is 285 g/mol. The third-order valence-corrected chi connectivity index (χ3v) is 3.01. The third kappa shape index (κ3) is 6.05. The molecule has 0 amide bonds. The number of ether oxygens (including phenoxy) is 1. The van der Waals surface area contributed by atoms with Crippen molar-refractivity contribution < 1.29 is 17.9 Å². The number of nitrogen functional groups attached to an aromatic ring is 1. The van der Waals surface area contributed by atoms with Crippen molar-refractivity contribution in [3.8, 4) is 0 Å². The Kier molecular flexibility index (Phi) is 5.42. The summed E-state index contributed by atoms with van der Waals surface area (Å²) in [5.74, 6) is 0.405. The molecule has 0 heterocycles. The van der Waals surface area contributed by atoms with E-state index in [1.54, 1.807) is 18.2 Å². The number of rotatable bonds is 5. The van der Waals surface area contributed by atoms with Crippen LogP contribution in [0.5, 0.6) is 0 Å². The second kappa shape index (κ2) is 6.37. The Morgan fingerprint density at radius 2 is 2.06 bits per heavy atom. The van der Waals surface area contributed by atoms with Crippen LogP contribution >= 0.6 is 23.4 Å². The zero-order valence-corrected chi connectivity index (χ0v) is 10.3. The first kappa shape index (κ1) is 14.5. The number of hydrogen-bond acceptors (Lipinski definition) is 3. The molecule has 0 aliphatic carbocycles. The highest BCUT2D eigenvalue weighted by atomic mass is 35.5. The lowest BCUT2D eigenvalue weighted by molar-refractivity contribution is -0.172. The van der Waals surface area contributed by atoms with Gasteiger partial charge in [0.15, 0.2) is 0 Å². The van der Waals surface area contributed by atoms with Crippen LogP contribution in [0.2, 0.25) is 5.02 Å². The van der Waals surface area contributed by atoms with E-state index in [4.69, 9.17) is 17.3 Å². The van der Waals surface area contributed by atoms with Crippen molar-refractivity contribution in [1.29, 1.82) is 0 Å². The van der Waals surface area contributed by atoms with Crippen molar-refractivity contribution in [1.82, 2.24) is 0 Å². The van der Waals surface area contributed by atoms with Crippen molar-refractivity contribution in [3.05, 3.63) is 23.2 Å². The van der Waals surface area contributed by atoms with E-state index in [0.29, 0.717) is 16.5 Å². The van der Waals surface area contributed by atoms with Crippen LogP contribution in [0.3, 0.4) is 0 Å². The average molecular weight is 286 g/mol. The predicted octanol–water partition coefficient (Wildman–Crippen LogP) is 3.59. The van der Waals surface area contributed by atoms with Crippen LogP contribution in [0.25, 0.3) is 0 Å². The second-order valence-corrected chi connectivity index (χ2v) is 4.77. The lowest BCUT2D eigenvalue weighted by Crippen LogP contribution is -2.17. The normalized spacial score (nSPS) is 11.8. The molecule has 0 aromatic heterocycles. The van der Waals surface area contributed by atoms with E-state index in [2.05, 4.69) is 4.74 Å². The van der Waals surface area contributed by atoms with Gasteiger partial charge in [-0.25, -0.2) is 0 Å². The molecule has 0 spiro atoms. The number of thioether (sulfide) groups is 1. The zero-order valence-electron chi connectivity index (χ0n) is 8.76. The first-order chi connectivity index (χ1) is 7.88. The van der Waals surface area contributed by atoms with E-state index in [-0.39, 0.29) is 6.61 Å². The standard InChI is InChI=1S/C10H11ClF3NOS/c11-7-1-2-9(8(15)5-7)17-4-3-16-6-10(12,13)14/h1-2,5H,3-4,6,15H2. The van der Waals surface area contributed by atoms with Crippen molar-refractivity contribution in [3.63, 3.8) is 0 Å². The molecule has 0 unspecified atom stereocenters. The molecule has 96 valence electrons. The topological polar surface area (TPSA) is 35.2 Å². The van der Waals surface area contributed by atoms with Crippen LogP contribution in [0.4, 0.5) is 18.9 Å². The van der Waals surface area contributed by atoms with Gasteiger partial charge in [-0.1, -0.05) is 11.6 Å². The van der Waals surface area contributed by atoms with E-state index >= 15 is 0 Å². The summed E-state index contributed by atoms with van der Waals surface area (Å²) in [5, 5.41) is 0.528. The number of benzene rings is 1. The molecule has 0 fully saturated rings. The van der Waals surface area contributed by atoms with Gasteiger partial charge in [-0.3, -0.25) is 0 Å². The molecule has 17 heavy (non-hydrogen) atoms. The van der Waals surface area contributed by atoms with Crippen LogP contribution in [-0.4, -0.2) is 25.1 Å². The summed E-state index contributed by atoms with van der Waals surface area (Å²) in [5.41, 5.74) is 6.19. The molecule has 2 nitrogen and oxygen atoms in total. The number of nitrogens with two attached hydrogens (primary N) is 1. The molecular weight excluding hydrogens is 275 g/mol. The van der Waals surface area contributed by atoms with Gasteiger partial charge >= 0.3 is 6.18 Å². The minimum Gasteiger partial charge on any atom is -0.398 e. The molecule has 1 aromatic rings. The van der Waals surface area contributed by atoms with Gasteiger partial charge in [0.05, 0.1) is 6.61 Å². The highest BCUT2D eigenvalue weighted by Gasteiger charge is 2.27. The minimum absolute atomic E-state index is 0.0201. The van der Waals surface area contributed by atoms with Gasteiger partial charge in [-0.2, -0.15) is 13.2 Å². The number of anilines is 1. The van der Waals surface area contributed by atoms with E-state index in [9.17, 15) is 13.2 Å². The molecule has 0 aliphatic heterocycles. The number of alkyl halides is 3. The van der Waals surface area contributed by atoms with Gasteiger partial charge in [0.1, 0.15) is 6.61 Å². The SMILES string of the molecule is Nc1cc(Cl)ccc1SCCOCC(F)(F)F. The van der Waals surface area contributed by atoms with Crippen LogP contribution in [0, 0.1) is 0 Å². The van der Waals surface area contributed by atoms with Crippen molar-refractivity contribution in [2.24, 2.45) is 0 Å². The summed E-state index contributed by atoms with van der Waals surface area (Å²) >= 11 is 7.04. The minimum atomic E-state index is -4.27. The molecule has 1 aromatic carbocycles. The van der Waals surface area contributed by atoms with Crippen LogP contribution in [0.1, 0.15) is 0 Å². The Hall–Kier alpha value is -0.590. The Labute approximate surface area is 106 Å². The molecule has 0 aliphatic rings. The molecular formula is C10H11ClF3NOS. The number of hydrogen-bond donors (Lipinski definition) is 1. The lowest BCUT2D eigenvalue weighted by Gasteiger charge is -2.08. The molecule has 0 atom stereocenters. The summed E-state index contributed by atoms with van der Waals surface area (Å²) in [7, 11) is 0. The predicted molar refractivity (Wildman–Crippen MR) is 63.5 cm³/mol. The molecule has 0 saturated heterocycles. The Bertz CT molecular complexity index is 373. The van der Waals surface area contributed by atoms with E-state index < -0.39 is 12.8 Å². The first-order valence-corrected chi connectivity index (χ1v) is 6.07. The van der Waals surface area contributed by atoms with Gasteiger partial charge in [-0.05, 0) is 18.2 Å². The molecule has 1 rings (SSSR count). The second-order valence-electron chi connectivity index (χ2n) is 3.20. The fourth-order valence-electron chi connectivity index (χ4n) is 1.05. The molecule has 0 saturated carbocycles. The van der Waals surface area contributed by atoms with Crippen molar-refractivity contribution >= 4 is 29.1 Å². The van der Waals surface area contributed by atoms with Gasteiger partial charge in [0.2, 0.25) is 0 Å². The fourth-order valence-corrected chi connectivity index (χ4v) is 2.04. The summed E-state index contributed by atoms with van der Waals surface area (Å²) in [6.07, 6.45) is -4.27. The molecule has 7 heteroatoms. The maximum Gasteiger partial charge on any atom is 0.411 e. The lowest BCUT2D eigenvalue weighted by atomic mass is 10.3. The first-order valence-electron chi connectivity index (χ1n) is 4.71. The average Bonchev–Trinajstić information content (AvgIpc) is 2.18. The smallest absolute Gasteiger partial charge is 0.398 e. The van der Waals surface area contributed by atoms with Crippen molar-refractivity contribution in [2.45, 2.75) is 11.1 Å². The Morgan fingerprint density at radius 1 is 1.35 bits per heavy atom. The van der Waals surface area contributed by atoms with Crippen molar-refractivity contribution in [2.75, 3.05) is 24.7 Å². The van der Waals surface area contributed by atoms with Gasteiger partial charge in [-0.15, -0.1) is 11.8 Å². The molecule has 0 radical (unpaired) electrons. The maximum absolute atomic E-state index is 11.7. The molecule has 2 N–H and O–H groups in total. The van der Waals surface area contributed by atoms with Gasteiger partial charge in [0.25, 0.3) is 0 Å². The largest absolute Gasteiger partial charge is 0.411 e. The summed E-state index contributed by atoms with van der Waals surface area (Å²) in [4.78, 5) is 0.782. The Morgan fingerprint density at radius 3 is 2.65 bits per heavy atom. The van der Waals surface area contributed by atoms with Crippen LogP contribution in [-0.2, 0) is 4.74 Å². The van der Waals surface area contributed by atoms with Crippen LogP contribution < -0.4 is 5.73 Å². The number of halogens is 4. The summed E-state index contributed by atoms with van der Waals surface area (Å²) in [6.45, 7) is -1.20. The van der Waals surface area contributed by atoms with Crippen LogP contribution in [0.15, 0.2) is 23.1 Å². The van der Waals surface area contributed by atoms with E-state index in [1.165, 1.54) is 11.8 Å². The van der Waals surface area contributed by atoms with E-state index in [1.807, 2.05) is 0 Å². The zero-order chi connectivity index (χ0) is 12.9. The maximum atomic E-state index is 11.7. The quantitative estimate of drug-likeness (QED) is 0.510. The Balaban J connectivity index is 2.27. The fraction of sp³-hybridized carbons (Fsp3) is 0.400. The third-order valence-electron chi connectivity index (χ3n) is 1.72. The van der Waals surface area contributed by atoms with Gasteiger partial charge < -0.3 is 10.5 Å². The highest BCUT2D eigenvalue weighted by Crippen LogP contribution is 2.27. The summed E-state index contributed by atoms with van der Waals surface area (Å²) < 4.78 is 39.7. The highest BCUT2D eigenvalue weighted by molar-refractivity contribution is 7.99. The van der Waals surface area contributed by atoms with E-state index in [0.717, 1.165) is 4.90 Å². The molecule has 0 bridgehead atoms.